The summed E-state index contributed by atoms with van der Waals surface area (Å²) in [4.78, 5) is 21.0. The third kappa shape index (κ3) is 4.46. The van der Waals surface area contributed by atoms with Crippen molar-refractivity contribution < 1.29 is 13.2 Å². The van der Waals surface area contributed by atoms with Gasteiger partial charge in [-0.25, -0.2) is 9.97 Å². The summed E-state index contributed by atoms with van der Waals surface area (Å²) in [5, 5.41) is 4.42. The monoisotopic (exact) mass is 505 g/mol. The van der Waals surface area contributed by atoms with Gasteiger partial charge in [0.05, 0.1) is 23.0 Å². The van der Waals surface area contributed by atoms with Crippen LogP contribution in [-0.2, 0) is 6.18 Å². The van der Waals surface area contributed by atoms with Crippen molar-refractivity contribution in [3.63, 3.8) is 0 Å². The zero-order valence-corrected chi connectivity index (χ0v) is 20.3. The number of nitrogens with one attached hydrogen (secondary N) is 1. The summed E-state index contributed by atoms with van der Waals surface area (Å²) in [6.45, 7) is 5.06. The van der Waals surface area contributed by atoms with Crippen LogP contribution < -0.4 is 16.0 Å². The van der Waals surface area contributed by atoms with Crippen LogP contribution in [0.3, 0.4) is 0 Å². The number of nitrogen functional groups attached to an aromatic ring is 1. The molecule has 0 spiro atoms. The molecule has 4 heterocycles. The second-order valence-corrected chi connectivity index (χ2v) is 9.67. The third-order valence-electron chi connectivity index (χ3n) is 7.12. The molecular weight excluding hydrogens is 479 g/mol. The Bertz CT molecular complexity index is 1490. The highest BCUT2D eigenvalue weighted by molar-refractivity contribution is 5.94. The maximum absolute atomic E-state index is 13.5. The van der Waals surface area contributed by atoms with Crippen molar-refractivity contribution >= 4 is 22.4 Å². The maximum atomic E-state index is 13.5. The Kier molecular flexibility index (Phi) is 5.71. The number of halogens is 3. The number of rotatable bonds is 4. The van der Waals surface area contributed by atoms with Crippen LogP contribution in [0.5, 0.6) is 0 Å². The predicted octanol–water partition coefficient (Wildman–Crippen LogP) is 4.95. The van der Waals surface area contributed by atoms with E-state index in [4.69, 9.17) is 15.7 Å². The zero-order chi connectivity index (χ0) is 25.7. The van der Waals surface area contributed by atoms with Gasteiger partial charge in [-0.2, -0.15) is 13.2 Å². The standard InChI is InChI=1S/C27H26F3N7/c1-15-19(11-18(12-21(15)31)27(28,29)30)22-10-17(4-5-34-22)25-35-23-14-33-13-20(16-2-3-16)24(23)26(36-25)37-8-6-32-7-9-37/h4-5,10-14,16,32H,2-3,6-9,31H2,1H3. The Morgan fingerprint density at radius 2 is 1.84 bits per heavy atom. The van der Waals surface area contributed by atoms with Gasteiger partial charge in [0.1, 0.15) is 5.82 Å². The van der Waals surface area contributed by atoms with Crippen molar-refractivity contribution in [2.75, 3.05) is 36.8 Å². The molecule has 0 amide bonds. The molecule has 6 rings (SSSR count). The molecule has 4 aromatic rings. The highest BCUT2D eigenvalue weighted by atomic mass is 19.4. The SMILES string of the molecule is Cc1c(N)cc(C(F)(F)F)cc1-c1cc(-c2nc(N3CCNCC3)c3c(C4CC4)cncc3n2)ccn1. The maximum Gasteiger partial charge on any atom is 0.416 e. The molecule has 2 fully saturated rings. The van der Waals surface area contributed by atoms with Crippen molar-refractivity contribution in [1.29, 1.82) is 0 Å². The lowest BCUT2D eigenvalue weighted by molar-refractivity contribution is -0.137. The molecule has 10 heteroatoms. The summed E-state index contributed by atoms with van der Waals surface area (Å²) in [5.41, 5.74) is 9.06. The minimum atomic E-state index is -4.51. The van der Waals surface area contributed by atoms with Crippen molar-refractivity contribution in [3.05, 3.63) is 59.5 Å². The second-order valence-electron chi connectivity index (χ2n) is 9.67. The highest BCUT2D eigenvalue weighted by Crippen LogP contribution is 2.45. The van der Waals surface area contributed by atoms with E-state index in [1.807, 2.05) is 6.20 Å². The first-order valence-corrected chi connectivity index (χ1v) is 12.3. The second kappa shape index (κ2) is 8.95. The molecule has 0 atom stereocenters. The molecule has 1 aliphatic carbocycles. The fraction of sp³-hybridized carbons (Fsp3) is 0.333. The van der Waals surface area contributed by atoms with Gasteiger partial charge in [-0.3, -0.25) is 9.97 Å². The van der Waals surface area contributed by atoms with Gasteiger partial charge in [0, 0.05) is 60.8 Å². The number of aromatic nitrogens is 4. The van der Waals surface area contributed by atoms with Crippen LogP contribution in [0.1, 0.15) is 35.4 Å². The van der Waals surface area contributed by atoms with Gasteiger partial charge in [-0.1, -0.05) is 0 Å². The van der Waals surface area contributed by atoms with E-state index in [0.29, 0.717) is 34.1 Å². The van der Waals surface area contributed by atoms with E-state index in [1.54, 1.807) is 31.5 Å². The summed E-state index contributed by atoms with van der Waals surface area (Å²) in [5.74, 6) is 1.84. The molecule has 190 valence electrons. The average molecular weight is 506 g/mol. The highest BCUT2D eigenvalue weighted by Gasteiger charge is 2.32. The summed E-state index contributed by atoms with van der Waals surface area (Å²) in [7, 11) is 0. The molecule has 0 radical (unpaired) electrons. The summed E-state index contributed by atoms with van der Waals surface area (Å²) in [6, 6.07) is 5.55. The van der Waals surface area contributed by atoms with Crippen LogP contribution in [0, 0.1) is 6.92 Å². The zero-order valence-electron chi connectivity index (χ0n) is 20.3. The van der Waals surface area contributed by atoms with E-state index < -0.39 is 11.7 Å². The molecule has 0 unspecified atom stereocenters. The van der Waals surface area contributed by atoms with E-state index in [0.717, 1.165) is 67.9 Å². The smallest absolute Gasteiger partial charge is 0.398 e. The van der Waals surface area contributed by atoms with Crippen LogP contribution in [-0.4, -0.2) is 46.1 Å². The van der Waals surface area contributed by atoms with E-state index >= 15 is 0 Å². The minimum Gasteiger partial charge on any atom is -0.398 e. The summed E-state index contributed by atoms with van der Waals surface area (Å²) >= 11 is 0. The minimum absolute atomic E-state index is 0.0682. The lowest BCUT2D eigenvalue weighted by Crippen LogP contribution is -2.44. The molecule has 1 saturated carbocycles. The number of hydrogen-bond acceptors (Lipinski definition) is 7. The number of fused-ring (bicyclic) bond motifs is 1. The van der Waals surface area contributed by atoms with Crippen molar-refractivity contribution in [3.8, 4) is 22.6 Å². The Morgan fingerprint density at radius 3 is 2.57 bits per heavy atom. The van der Waals surface area contributed by atoms with Crippen molar-refractivity contribution in [2.45, 2.75) is 31.9 Å². The number of nitrogens with zero attached hydrogens (tertiary/aromatic N) is 5. The van der Waals surface area contributed by atoms with Crippen LogP contribution in [0.4, 0.5) is 24.7 Å². The normalized spacial score (nSPS) is 16.4. The van der Waals surface area contributed by atoms with Gasteiger partial charge in [0.15, 0.2) is 5.82 Å². The van der Waals surface area contributed by atoms with Crippen LogP contribution in [0.25, 0.3) is 33.5 Å². The molecule has 3 aromatic heterocycles. The first kappa shape index (κ1) is 23.6. The average Bonchev–Trinajstić information content (AvgIpc) is 3.75. The lowest BCUT2D eigenvalue weighted by Gasteiger charge is -2.30. The van der Waals surface area contributed by atoms with Gasteiger partial charge >= 0.3 is 6.18 Å². The molecule has 3 N–H and O–H groups in total. The van der Waals surface area contributed by atoms with E-state index in [1.165, 1.54) is 5.56 Å². The molecule has 7 nitrogen and oxygen atoms in total. The lowest BCUT2D eigenvalue weighted by atomic mass is 9.98. The number of nitrogens with two attached hydrogens (primary N) is 1. The van der Waals surface area contributed by atoms with E-state index in [2.05, 4.69) is 20.2 Å². The number of hydrogen-bond donors (Lipinski definition) is 2. The molecule has 1 saturated heterocycles. The fourth-order valence-corrected chi connectivity index (χ4v) is 4.91. The predicted molar refractivity (Wildman–Crippen MR) is 137 cm³/mol. The number of piperazine rings is 1. The topological polar surface area (TPSA) is 92.8 Å². The largest absolute Gasteiger partial charge is 0.416 e. The Hall–Kier alpha value is -3.79. The van der Waals surface area contributed by atoms with Crippen molar-refractivity contribution in [1.82, 2.24) is 25.3 Å². The number of anilines is 2. The number of benzene rings is 1. The fourth-order valence-electron chi connectivity index (χ4n) is 4.91. The van der Waals surface area contributed by atoms with Gasteiger partial charge < -0.3 is 16.0 Å². The molecule has 1 aromatic carbocycles. The first-order chi connectivity index (χ1) is 17.8. The summed E-state index contributed by atoms with van der Waals surface area (Å²) in [6.07, 6.45) is 3.02. The van der Waals surface area contributed by atoms with Crippen molar-refractivity contribution in [2.24, 2.45) is 0 Å². The van der Waals surface area contributed by atoms with Gasteiger partial charge in [-0.05, 0) is 61.1 Å². The number of alkyl halides is 3. The Morgan fingerprint density at radius 1 is 1.05 bits per heavy atom. The quantitative estimate of drug-likeness (QED) is 0.379. The van der Waals surface area contributed by atoms with E-state index in [9.17, 15) is 13.2 Å². The molecule has 0 bridgehead atoms. The third-order valence-corrected chi connectivity index (χ3v) is 7.12. The number of pyridine rings is 2. The van der Waals surface area contributed by atoms with E-state index in [-0.39, 0.29) is 5.69 Å². The Labute approximate surface area is 212 Å². The van der Waals surface area contributed by atoms with Gasteiger partial charge in [0.2, 0.25) is 0 Å². The molecule has 37 heavy (non-hydrogen) atoms. The van der Waals surface area contributed by atoms with Gasteiger partial charge in [0.25, 0.3) is 0 Å². The van der Waals surface area contributed by atoms with Crippen LogP contribution in [0.15, 0.2) is 42.9 Å². The summed E-state index contributed by atoms with van der Waals surface area (Å²) < 4.78 is 40.5. The van der Waals surface area contributed by atoms with Crippen LogP contribution in [0.2, 0.25) is 0 Å². The molecule has 2 aliphatic rings. The molecule has 1 aliphatic heterocycles. The first-order valence-electron chi connectivity index (χ1n) is 12.3. The molecular formula is C27H26F3N7. The van der Waals surface area contributed by atoms with Crippen LogP contribution >= 0.6 is 0 Å². The Balaban J connectivity index is 1.50. The van der Waals surface area contributed by atoms with Gasteiger partial charge in [-0.15, -0.1) is 0 Å².